The molecular formula is C25H21ClN6O4. The number of carbonyl (C=O) groups is 2. The van der Waals surface area contributed by atoms with Crippen LogP contribution in [0.15, 0.2) is 78.0 Å². The van der Waals surface area contributed by atoms with Crippen LogP contribution in [0.3, 0.4) is 0 Å². The first-order valence-electron chi connectivity index (χ1n) is 10.9. The van der Waals surface area contributed by atoms with Crippen LogP contribution in [-0.4, -0.2) is 41.2 Å². The first-order valence-corrected chi connectivity index (χ1v) is 11.3. The summed E-state index contributed by atoms with van der Waals surface area (Å²) >= 11 is 5.97. The van der Waals surface area contributed by atoms with Gasteiger partial charge in [0.15, 0.2) is 6.29 Å². The van der Waals surface area contributed by atoms with E-state index in [1.54, 1.807) is 72.8 Å². The van der Waals surface area contributed by atoms with Gasteiger partial charge < -0.3 is 10.1 Å². The highest BCUT2D eigenvalue weighted by Gasteiger charge is 2.38. The topological polar surface area (TPSA) is 127 Å². The Hall–Kier alpha value is -4.62. The van der Waals surface area contributed by atoms with Crippen LogP contribution < -0.4 is 15.4 Å². The molecule has 1 atom stereocenters. The zero-order valence-corrected chi connectivity index (χ0v) is 19.7. The predicted molar refractivity (Wildman–Crippen MR) is 133 cm³/mol. The molecule has 36 heavy (non-hydrogen) atoms. The number of nitriles is 1. The maximum Gasteiger partial charge on any atom is 0.331 e. The first-order chi connectivity index (χ1) is 17.5. The third kappa shape index (κ3) is 5.89. The van der Waals surface area contributed by atoms with Crippen LogP contribution >= 0.6 is 11.6 Å². The number of nitrogens with one attached hydrogen (secondary N) is 2. The van der Waals surface area contributed by atoms with Gasteiger partial charge in [-0.15, -0.1) is 0 Å². The second-order valence-corrected chi connectivity index (χ2v) is 8.24. The van der Waals surface area contributed by atoms with Gasteiger partial charge in [0.2, 0.25) is 0 Å². The number of halogens is 1. The highest BCUT2D eigenvalue weighted by Crippen LogP contribution is 2.25. The van der Waals surface area contributed by atoms with Gasteiger partial charge in [-0.3, -0.25) is 10.2 Å². The number of anilines is 1. The lowest BCUT2D eigenvalue weighted by Gasteiger charge is -2.41. The maximum absolute atomic E-state index is 13.2. The summed E-state index contributed by atoms with van der Waals surface area (Å²) in [6.07, 6.45) is -0.855. The normalized spacial score (nSPS) is 15.2. The molecule has 0 saturated carbocycles. The van der Waals surface area contributed by atoms with E-state index in [1.807, 2.05) is 0 Å². The molecule has 0 aliphatic carbocycles. The van der Waals surface area contributed by atoms with Crippen molar-refractivity contribution in [1.29, 1.82) is 5.26 Å². The number of nitrogens with zero attached hydrogens (tertiary/aromatic N) is 4. The standard InChI is InChI=1S/C25H21ClN6O4/c26-19-5-1-18(2-6-19)16-32-23(30-24(33)31(25(32)34)14-13-28-35)29-20-7-11-22(12-8-20)36-21-9-3-17(15-27)4-10-21/h1-12,23,29H,13-14,16H2,(H,30,33). The van der Waals surface area contributed by atoms with E-state index in [2.05, 4.69) is 21.9 Å². The van der Waals surface area contributed by atoms with E-state index in [4.69, 9.17) is 21.6 Å². The lowest BCUT2D eigenvalue weighted by Crippen LogP contribution is -2.67. The Bertz CT molecular complexity index is 1280. The van der Waals surface area contributed by atoms with Gasteiger partial charge in [-0.2, -0.15) is 10.2 Å². The van der Waals surface area contributed by atoms with E-state index < -0.39 is 18.4 Å². The van der Waals surface area contributed by atoms with E-state index in [1.165, 1.54) is 4.90 Å². The highest BCUT2D eigenvalue weighted by atomic mass is 35.5. The summed E-state index contributed by atoms with van der Waals surface area (Å²) in [6.45, 7) is -0.148. The molecule has 4 rings (SSSR count). The molecule has 1 saturated heterocycles. The van der Waals surface area contributed by atoms with E-state index >= 15 is 0 Å². The Morgan fingerprint density at radius 1 is 1.00 bits per heavy atom. The van der Waals surface area contributed by atoms with Gasteiger partial charge in [-0.1, -0.05) is 28.9 Å². The second kappa shape index (κ2) is 11.2. The van der Waals surface area contributed by atoms with Crippen LogP contribution in [0, 0.1) is 16.2 Å². The van der Waals surface area contributed by atoms with Crippen LogP contribution in [0.2, 0.25) is 5.02 Å². The van der Waals surface area contributed by atoms with Crippen molar-refractivity contribution in [2.24, 2.45) is 5.18 Å². The molecular weight excluding hydrogens is 484 g/mol. The molecule has 2 N–H and O–H groups in total. The summed E-state index contributed by atoms with van der Waals surface area (Å²) in [7, 11) is 0. The lowest BCUT2D eigenvalue weighted by molar-refractivity contribution is 0.107. The summed E-state index contributed by atoms with van der Waals surface area (Å²) in [5.74, 6) is 1.15. The molecule has 1 unspecified atom stereocenters. The Morgan fingerprint density at radius 3 is 2.25 bits per heavy atom. The number of hydrogen-bond acceptors (Lipinski definition) is 7. The molecule has 0 radical (unpaired) electrons. The lowest BCUT2D eigenvalue weighted by atomic mass is 10.2. The Morgan fingerprint density at radius 2 is 1.64 bits per heavy atom. The van der Waals surface area contributed by atoms with Crippen molar-refractivity contribution in [2.45, 2.75) is 12.8 Å². The minimum atomic E-state index is -0.855. The molecule has 1 heterocycles. The quantitative estimate of drug-likeness (QED) is 0.390. The molecule has 1 fully saturated rings. The molecule has 10 nitrogen and oxygen atoms in total. The Labute approximate surface area is 212 Å². The van der Waals surface area contributed by atoms with Gasteiger partial charge >= 0.3 is 12.1 Å². The number of hydrogen-bond donors (Lipinski definition) is 2. The number of ether oxygens (including phenoxy) is 1. The smallest absolute Gasteiger partial charge is 0.331 e. The van der Waals surface area contributed by atoms with Crippen molar-refractivity contribution in [2.75, 3.05) is 18.4 Å². The van der Waals surface area contributed by atoms with Crippen LogP contribution in [0.1, 0.15) is 11.1 Å². The molecule has 4 amide bonds. The molecule has 0 aromatic heterocycles. The van der Waals surface area contributed by atoms with Gasteiger partial charge in [-0.25, -0.2) is 14.5 Å². The maximum atomic E-state index is 13.2. The van der Waals surface area contributed by atoms with Gasteiger partial charge in [0.05, 0.1) is 31.3 Å². The molecule has 3 aromatic rings. The molecule has 0 spiro atoms. The number of carbonyl (C=O) groups excluding carboxylic acids is 2. The minimum Gasteiger partial charge on any atom is -0.457 e. The first kappa shape index (κ1) is 24.5. The monoisotopic (exact) mass is 504 g/mol. The van der Waals surface area contributed by atoms with Gasteiger partial charge in [0, 0.05) is 10.7 Å². The third-order valence-corrected chi connectivity index (χ3v) is 5.60. The van der Waals surface area contributed by atoms with E-state index in [0.717, 1.165) is 10.5 Å². The highest BCUT2D eigenvalue weighted by molar-refractivity contribution is 6.30. The zero-order chi connectivity index (χ0) is 25.5. The summed E-state index contributed by atoms with van der Waals surface area (Å²) < 4.78 is 5.79. The van der Waals surface area contributed by atoms with E-state index in [0.29, 0.717) is 27.8 Å². The van der Waals surface area contributed by atoms with E-state index in [-0.39, 0.29) is 19.6 Å². The number of amides is 4. The van der Waals surface area contributed by atoms with E-state index in [9.17, 15) is 14.5 Å². The van der Waals surface area contributed by atoms with Gasteiger partial charge in [0.25, 0.3) is 0 Å². The number of imide groups is 1. The van der Waals surface area contributed by atoms with Crippen molar-refractivity contribution in [1.82, 2.24) is 15.1 Å². The fourth-order valence-corrected chi connectivity index (χ4v) is 3.66. The molecule has 3 aromatic carbocycles. The summed E-state index contributed by atoms with van der Waals surface area (Å²) in [4.78, 5) is 38.7. The molecule has 1 aliphatic heterocycles. The van der Waals surface area contributed by atoms with Crippen LogP contribution in [0.4, 0.5) is 15.3 Å². The van der Waals surface area contributed by atoms with Crippen molar-refractivity contribution in [3.63, 3.8) is 0 Å². The SMILES string of the molecule is N#Cc1ccc(Oc2ccc(NC3NC(=O)N(CCN=O)C(=O)N3Cc3ccc(Cl)cc3)cc2)cc1. The Balaban J connectivity index is 1.49. The van der Waals surface area contributed by atoms with Crippen molar-refractivity contribution in [3.05, 3.63) is 93.9 Å². The average molecular weight is 505 g/mol. The average Bonchev–Trinajstić information content (AvgIpc) is 2.89. The van der Waals surface area contributed by atoms with Crippen molar-refractivity contribution >= 4 is 29.4 Å². The largest absolute Gasteiger partial charge is 0.457 e. The van der Waals surface area contributed by atoms with Crippen LogP contribution in [0.25, 0.3) is 0 Å². The van der Waals surface area contributed by atoms with Crippen LogP contribution in [-0.2, 0) is 6.54 Å². The fourth-order valence-electron chi connectivity index (χ4n) is 3.53. The van der Waals surface area contributed by atoms with Crippen molar-refractivity contribution < 1.29 is 14.3 Å². The third-order valence-electron chi connectivity index (χ3n) is 5.35. The molecule has 11 heteroatoms. The number of urea groups is 2. The predicted octanol–water partition coefficient (Wildman–Crippen LogP) is 5.11. The van der Waals surface area contributed by atoms with Crippen LogP contribution in [0.5, 0.6) is 11.5 Å². The van der Waals surface area contributed by atoms with Gasteiger partial charge in [-0.05, 0) is 66.2 Å². The second-order valence-electron chi connectivity index (χ2n) is 7.80. The zero-order valence-electron chi connectivity index (χ0n) is 18.9. The summed E-state index contributed by atoms with van der Waals surface area (Å²) in [5.41, 5.74) is 1.97. The summed E-state index contributed by atoms with van der Waals surface area (Å²) in [5, 5.41) is 18.1. The Kier molecular flexibility index (Phi) is 7.63. The van der Waals surface area contributed by atoms with Gasteiger partial charge in [0.1, 0.15) is 11.5 Å². The molecule has 182 valence electrons. The van der Waals surface area contributed by atoms with Crippen molar-refractivity contribution in [3.8, 4) is 17.6 Å². The number of nitroso groups, excluding NO2 is 1. The summed E-state index contributed by atoms with van der Waals surface area (Å²) in [6, 6.07) is 21.6. The minimum absolute atomic E-state index is 0.126. The number of rotatable bonds is 9. The molecule has 1 aliphatic rings. The number of benzene rings is 3. The fraction of sp³-hybridized carbons (Fsp3) is 0.160. The molecule has 0 bridgehead atoms.